The highest BCUT2D eigenvalue weighted by Crippen LogP contribution is 2.54. The number of nitrogens with one attached hydrogen (secondary N) is 4. The lowest BCUT2D eigenvalue weighted by atomic mass is 10.0. The molecule has 4 heterocycles. The lowest BCUT2D eigenvalue weighted by Gasteiger charge is -2.31. The number of aromatic nitrogens is 4. The van der Waals surface area contributed by atoms with Crippen molar-refractivity contribution in [1.82, 2.24) is 40.4 Å². The second kappa shape index (κ2) is 14.2. The molecule has 2 aliphatic carbocycles. The number of likely N-dealkylation sites (tertiary alicyclic amines) is 2. The van der Waals surface area contributed by atoms with Gasteiger partial charge in [0, 0.05) is 12.1 Å². The Morgan fingerprint density at radius 2 is 1.07 bits per heavy atom. The number of nitrogens with zero attached hydrogens (tertiary/aromatic N) is 4. The van der Waals surface area contributed by atoms with Crippen LogP contribution in [0, 0.1) is 23.7 Å². The second-order valence-corrected chi connectivity index (χ2v) is 16.2. The quantitative estimate of drug-likeness (QED) is 0.121. The van der Waals surface area contributed by atoms with E-state index in [-0.39, 0.29) is 47.8 Å². The first-order valence-corrected chi connectivity index (χ1v) is 19.2. The number of alkyl carbamates (subject to hydrolysis) is 1. The van der Waals surface area contributed by atoms with Gasteiger partial charge in [-0.1, -0.05) is 76.2 Å². The number of amides is 4. The number of carbonyl (C=O) groups excluding carboxylic acids is 3. The molecule has 0 spiro atoms. The first-order valence-electron chi connectivity index (χ1n) is 19.2. The maximum atomic E-state index is 13.8. The van der Waals surface area contributed by atoms with Crippen LogP contribution in [0.5, 0.6) is 0 Å². The zero-order valence-corrected chi connectivity index (χ0v) is 31.7. The molecule has 288 valence electrons. The Bertz CT molecular complexity index is 2090. The molecule has 4 fully saturated rings. The number of H-pyrrole nitrogens is 2. The summed E-state index contributed by atoms with van der Waals surface area (Å²) in [5.74, 6) is 1.75. The highest BCUT2D eigenvalue weighted by Gasteiger charge is 2.57. The normalized spacial score (nSPS) is 24.6. The number of hydrogen-bond acceptors (Lipinski definition) is 7. The van der Waals surface area contributed by atoms with Gasteiger partial charge < -0.3 is 40.2 Å². The zero-order valence-electron chi connectivity index (χ0n) is 31.7. The minimum Gasteiger partial charge on any atom is -0.465 e. The minimum atomic E-state index is -1.20. The zero-order chi connectivity index (χ0) is 38.7. The largest absolute Gasteiger partial charge is 0.465 e. The fourth-order valence-electron chi connectivity index (χ4n) is 8.69. The average molecular weight is 749 g/mol. The van der Waals surface area contributed by atoms with Crippen LogP contribution in [0.25, 0.3) is 33.6 Å². The maximum absolute atomic E-state index is 13.8. The van der Waals surface area contributed by atoms with E-state index in [2.05, 4.69) is 62.0 Å². The van der Waals surface area contributed by atoms with Crippen molar-refractivity contribution in [2.45, 2.75) is 89.6 Å². The van der Waals surface area contributed by atoms with Crippen LogP contribution < -0.4 is 10.6 Å². The van der Waals surface area contributed by atoms with Crippen molar-refractivity contribution in [3.05, 3.63) is 72.6 Å². The number of ether oxygens (including phenoxy) is 1. The van der Waals surface area contributed by atoms with E-state index in [0.717, 1.165) is 71.0 Å². The third-order valence-corrected chi connectivity index (χ3v) is 11.9. The van der Waals surface area contributed by atoms with Gasteiger partial charge in [0.15, 0.2) is 0 Å². The van der Waals surface area contributed by atoms with Gasteiger partial charge in [-0.2, -0.15) is 0 Å². The van der Waals surface area contributed by atoms with Crippen molar-refractivity contribution in [3.8, 4) is 33.6 Å². The number of imidazole rings is 2. The molecule has 8 rings (SSSR count). The van der Waals surface area contributed by atoms with Crippen LogP contribution in [0.15, 0.2) is 60.9 Å². The van der Waals surface area contributed by atoms with Crippen molar-refractivity contribution in [1.29, 1.82) is 0 Å². The summed E-state index contributed by atoms with van der Waals surface area (Å²) in [5, 5.41) is 14.5. The summed E-state index contributed by atoms with van der Waals surface area (Å²) in [5.41, 5.74) is 5.77. The summed E-state index contributed by atoms with van der Waals surface area (Å²) in [7, 11) is 1.30. The van der Waals surface area contributed by atoms with Crippen LogP contribution in [0.1, 0.15) is 77.1 Å². The van der Waals surface area contributed by atoms with Crippen LogP contribution in [0.2, 0.25) is 0 Å². The van der Waals surface area contributed by atoms with E-state index in [1.807, 2.05) is 55.8 Å². The van der Waals surface area contributed by atoms with Crippen LogP contribution in [-0.2, 0) is 14.3 Å². The number of benzene rings is 2. The van der Waals surface area contributed by atoms with E-state index in [1.54, 1.807) is 6.20 Å². The molecule has 4 aromatic rings. The van der Waals surface area contributed by atoms with Crippen molar-refractivity contribution in [2.24, 2.45) is 23.7 Å². The monoisotopic (exact) mass is 748 g/mol. The third-order valence-electron chi connectivity index (χ3n) is 11.9. The number of hydrogen-bond donors (Lipinski definition) is 5. The topological polar surface area (TPSA) is 186 Å². The van der Waals surface area contributed by atoms with Gasteiger partial charge in [0.05, 0.1) is 43.0 Å². The molecule has 55 heavy (non-hydrogen) atoms. The van der Waals surface area contributed by atoms with E-state index in [9.17, 15) is 24.3 Å². The molecule has 0 bridgehead atoms. The summed E-state index contributed by atoms with van der Waals surface area (Å²) in [4.78, 5) is 70.9. The van der Waals surface area contributed by atoms with Gasteiger partial charge in [0.1, 0.15) is 23.7 Å². The van der Waals surface area contributed by atoms with Crippen molar-refractivity contribution in [3.63, 3.8) is 0 Å². The van der Waals surface area contributed by atoms with Gasteiger partial charge in [0.25, 0.3) is 0 Å². The number of carboxylic acid groups (broad SMARTS) is 1. The van der Waals surface area contributed by atoms with Crippen molar-refractivity contribution < 1.29 is 29.0 Å². The molecule has 2 aromatic heterocycles. The first kappa shape index (κ1) is 36.3. The molecule has 4 amide bonds. The summed E-state index contributed by atoms with van der Waals surface area (Å²) >= 11 is 0. The van der Waals surface area contributed by atoms with Gasteiger partial charge in [-0.15, -0.1) is 0 Å². The highest BCUT2D eigenvalue weighted by atomic mass is 16.5. The lowest BCUT2D eigenvalue weighted by Crippen LogP contribution is -2.52. The van der Waals surface area contributed by atoms with E-state index >= 15 is 0 Å². The predicted octanol–water partition coefficient (Wildman–Crippen LogP) is 6.13. The fraction of sp³-hybridized carbons (Fsp3) is 0.463. The molecule has 8 atom stereocenters. The Labute approximate surface area is 319 Å². The number of rotatable bonds is 11. The van der Waals surface area contributed by atoms with E-state index in [0.29, 0.717) is 11.8 Å². The minimum absolute atomic E-state index is 0.0999. The van der Waals surface area contributed by atoms with Gasteiger partial charge in [-0.3, -0.25) is 9.59 Å². The Morgan fingerprint density at radius 3 is 1.45 bits per heavy atom. The van der Waals surface area contributed by atoms with E-state index in [1.165, 1.54) is 7.11 Å². The van der Waals surface area contributed by atoms with Gasteiger partial charge in [-0.05, 0) is 71.6 Å². The molecule has 4 aliphatic rings. The molecule has 2 aromatic carbocycles. The van der Waals surface area contributed by atoms with Crippen molar-refractivity contribution >= 4 is 24.0 Å². The number of methoxy groups -OCH3 is 1. The number of aromatic amines is 2. The molecule has 5 N–H and O–H groups in total. The van der Waals surface area contributed by atoms with Gasteiger partial charge in [-0.25, -0.2) is 19.6 Å². The number of piperidine rings is 2. The Balaban J connectivity index is 0.933. The van der Waals surface area contributed by atoms with Crippen LogP contribution >= 0.6 is 0 Å². The molecule has 14 heteroatoms. The predicted molar refractivity (Wildman–Crippen MR) is 203 cm³/mol. The Morgan fingerprint density at radius 1 is 0.673 bits per heavy atom. The second-order valence-electron chi connectivity index (χ2n) is 16.2. The SMILES string of the molecule is COC(=O)N[C@@H](C(=O)N1[C@@H]2C[C@H]2C[C@H]1c1ncc(-c2ccc(-c3ccc(-c4cnc([C@@H]5C[C@H]6C[C@H]6N5C(=O)[C@H](NC(=O)O)C(C)C)[nH]4)cc3)cc2)[nH]1)C(C)C. The molecule has 2 saturated heterocycles. The summed E-state index contributed by atoms with van der Waals surface area (Å²) < 4.78 is 4.79. The summed E-state index contributed by atoms with van der Waals surface area (Å²) in [6.07, 6.45) is 5.36. The van der Waals surface area contributed by atoms with Gasteiger partial charge >= 0.3 is 12.2 Å². The lowest BCUT2D eigenvalue weighted by molar-refractivity contribution is -0.137. The van der Waals surface area contributed by atoms with E-state index < -0.39 is 24.3 Å². The van der Waals surface area contributed by atoms with Crippen molar-refractivity contribution in [2.75, 3.05) is 7.11 Å². The highest BCUT2D eigenvalue weighted by molar-refractivity contribution is 5.88. The molecular formula is C41H48N8O6. The molecular weight excluding hydrogens is 701 g/mol. The smallest absolute Gasteiger partial charge is 0.407 e. The fourth-order valence-corrected chi connectivity index (χ4v) is 8.69. The van der Waals surface area contributed by atoms with Crippen LogP contribution in [0.4, 0.5) is 9.59 Å². The average Bonchev–Trinajstić information content (AvgIpc) is 3.76. The molecule has 14 nitrogen and oxygen atoms in total. The summed E-state index contributed by atoms with van der Waals surface area (Å²) in [6, 6.07) is 14.9. The standard InChI is InChI=1S/C41H48N8O6/c1-20(2)34(46-40(52)53)38(50)48-30-14-26(30)16-32(48)36-42-18-28(44-36)24-10-6-22(7-11-24)23-8-12-25(13-9-23)29-19-43-37(45-29)33-17-27-15-31(27)49(33)39(51)35(21(3)4)47-41(54)55-5/h6-13,18-21,26-27,30-35,46H,14-17H2,1-5H3,(H,42,44)(H,43,45)(H,47,54)(H,52,53)/t26-,27+,30-,31-,32+,33+,34-,35-/m1/s1. The number of fused-ring (bicyclic) bond motifs is 2. The first-order chi connectivity index (χ1) is 26.4. The molecule has 2 aliphatic heterocycles. The molecule has 0 unspecified atom stereocenters. The van der Waals surface area contributed by atoms with E-state index in [4.69, 9.17) is 9.72 Å². The van der Waals surface area contributed by atoms with Crippen LogP contribution in [-0.4, -0.2) is 90.1 Å². The number of carbonyl (C=O) groups is 4. The van der Waals surface area contributed by atoms with Crippen LogP contribution in [0.3, 0.4) is 0 Å². The Kier molecular flexibility index (Phi) is 9.38. The molecule has 2 saturated carbocycles. The Hall–Kier alpha value is -5.66. The summed E-state index contributed by atoms with van der Waals surface area (Å²) in [6.45, 7) is 7.53. The van der Waals surface area contributed by atoms with Gasteiger partial charge in [0.2, 0.25) is 11.8 Å². The third kappa shape index (κ3) is 6.94. The maximum Gasteiger partial charge on any atom is 0.407 e. The molecule has 0 radical (unpaired) electrons.